The summed E-state index contributed by atoms with van der Waals surface area (Å²) >= 11 is 4.79. The Morgan fingerprint density at radius 3 is 3.24 bits per heavy atom. The standard InChI is InChI=1S/C11H15BrN2O2S/c1-2-16-6-8-3-4-14(5-8)11(15)9-10(12)17-7-13-9/h7-8H,2-6H2,1H3/t8-/m0/s1. The zero-order valence-electron chi connectivity index (χ0n) is 9.69. The van der Waals surface area contributed by atoms with Crippen LogP contribution in [-0.2, 0) is 4.74 Å². The van der Waals surface area contributed by atoms with Crippen LogP contribution in [0.4, 0.5) is 0 Å². The summed E-state index contributed by atoms with van der Waals surface area (Å²) in [6.07, 6.45) is 1.02. The SMILES string of the molecule is CCOC[C@H]1CCN(C(=O)c2ncsc2Br)C1. The van der Waals surface area contributed by atoms with Gasteiger partial charge in [-0.15, -0.1) is 11.3 Å². The largest absolute Gasteiger partial charge is 0.381 e. The molecule has 17 heavy (non-hydrogen) atoms. The van der Waals surface area contributed by atoms with Crippen LogP contribution in [0.3, 0.4) is 0 Å². The Balaban J connectivity index is 1.92. The molecule has 1 atom stereocenters. The summed E-state index contributed by atoms with van der Waals surface area (Å²) in [7, 11) is 0. The van der Waals surface area contributed by atoms with Crippen LogP contribution in [0.1, 0.15) is 23.8 Å². The molecule has 1 aromatic heterocycles. The first kappa shape index (κ1) is 13.0. The van der Waals surface area contributed by atoms with Crippen molar-refractivity contribution in [3.63, 3.8) is 0 Å². The van der Waals surface area contributed by atoms with E-state index in [2.05, 4.69) is 20.9 Å². The third-order valence-corrected chi connectivity index (χ3v) is 4.40. The van der Waals surface area contributed by atoms with Gasteiger partial charge >= 0.3 is 0 Å². The van der Waals surface area contributed by atoms with Crippen molar-refractivity contribution in [2.75, 3.05) is 26.3 Å². The fourth-order valence-electron chi connectivity index (χ4n) is 1.96. The second kappa shape index (κ2) is 5.93. The molecule has 6 heteroatoms. The van der Waals surface area contributed by atoms with E-state index in [1.807, 2.05) is 11.8 Å². The lowest BCUT2D eigenvalue weighted by molar-refractivity contribution is 0.0757. The van der Waals surface area contributed by atoms with Crippen LogP contribution in [0.15, 0.2) is 9.30 Å². The first-order valence-electron chi connectivity index (χ1n) is 5.68. The van der Waals surface area contributed by atoms with Gasteiger partial charge in [0.15, 0.2) is 5.69 Å². The monoisotopic (exact) mass is 318 g/mol. The number of hydrogen-bond donors (Lipinski definition) is 0. The van der Waals surface area contributed by atoms with Crippen LogP contribution in [0.25, 0.3) is 0 Å². The number of aromatic nitrogens is 1. The minimum Gasteiger partial charge on any atom is -0.381 e. The van der Waals surface area contributed by atoms with Gasteiger partial charge < -0.3 is 9.64 Å². The summed E-state index contributed by atoms with van der Waals surface area (Å²) in [5.41, 5.74) is 2.22. The van der Waals surface area contributed by atoms with E-state index in [-0.39, 0.29) is 5.91 Å². The van der Waals surface area contributed by atoms with Crippen LogP contribution < -0.4 is 0 Å². The normalized spacial score (nSPS) is 19.9. The van der Waals surface area contributed by atoms with Gasteiger partial charge in [-0.1, -0.05) is 0 Å². The Morgan fingerprint density at radius 1 is 1.76 bits per heavy atom. The van der Waals surface area contributed by atoms with Gasteiger partial charge in [-0.05, 0) is 29.3 Å². The number of carbonyl (C=O) groups excluding carboxylic acids is 1. The lowest BCUT2D eigenvalue weighted by Gasteiger charge is -2.15. The van der Waals surface area contributed by atoms with Crippen molar-refractivity contribution >= 4 is 33.2 Å². The van der Waals surface area contributed by atoms with Crippen LogP contribution in [0.2, 0.25) is 0 Å². The van der Waals surface area contributed by atoms with E-state index in [1.165, 1.54) is 11.3 Å². The van der Waals surface area contributed by atoms with Gasteiger partial charge in [0.2, 0.25) is 0 Å². The second-order valence-electron chi connectivity index (χ2n) is 4.04. The number of halogens is 1. The molecular weight excluding hydrogens is 304 g/mol. The predicted octanol–water partition coefficient (Wildman–Crippen LogP) is 2.40. The van der Waals surface area contributed by atoms with Crippen LogP contribution >= 0.6 is 27.3 Å². The number of carbonyl (C=O) groups is 1. The number of thiazole rings is 1. The van der Waals surface area contributed by atoms with E-state index < -0.39 is 0 Å². The molecular formula is C11H15BrN2O2S. The fourth-order valence-corrected chi connectivity index (χ4v) is 2.98. The van der Waals surface area contributed by atoms with Gasteiger partial charge in [-0.2, -0.15) is 0 Å². The van der Waals surface area contributed by atoms with Crippen molar-refractivity contribution < 1.29 is 9.53 Å². The van der Waals surface area contributed by atoms with E-state index >= 15 is 0 Å². The molecule has 1 saturated heterocycles. The lowest BCUT2D eigenvalue weighted by atomic mass is 10.1. The number of likely N-dealkylation sites (tertiary alicyclic amines) is 1. The number of hydrogen-bond acceptors (Lipinski definition) is 4. The van der Waals surface area contributed by atoms with E-state index in [9.17, 15) is 4.79 Å². The maximum atomic E-state index is 12.1. The molecule has 1 aliphatic heterocycles. The van der Waals surface area contributed by atoms with Crippen molar-refractivity contribution in [2.24, 2.45) is 5.92 Å². The Bertz CT molecular complexity index is 397. The molecule has 0 aromatic carbocycles. The van der Waals surface area contributed by atoms with Crippen LogP contribution in [0, 0.1) is 5.92 Å². The van der Waals surface area contributed by atoms with Gasteiger partial charge in [0.25, 0.3) is 5.91 Å². The van der Waals surface area contributed by atoms with Gasteiger partial charge in [-0.25, -0.2) is 4.98 Å². The van der Waals surface area contributed by atoms with Crippen molar-refractivity contribution in [1.29, 1.82) is 0 Å². The molecule has 0 unspecified atom stereocenters. The van der Waals surface area contributed by atoms with Crippen molar-refractivity contribution in [3.05, 3.63) is 15.0 Å². The average molecular weight is 319 g/mol. The molecule has 1 fully saturated rings. The molecule has 1 aromatic rings. The summed E-state index contributed by atoms with van der Waals surface area (Å²) in [4.78, 5) is 18.1. The van der Waals surface area contributed by atoms with E-state index in [4.69, 9.17) is 4.74 Å². The maximum absolute atomic E-state index is 12.1. The first-order valence-corrected chi connectivity index (χ1v) is 7.35. The molecule has 0 bridgehead atoms. The quantitative estimate of drug-likeness (QED) is 0.856. The molecule has 0 aliphatic carbocycles. The first-order chi connectivity index (χ1) is 8.22. The molecule has 2 rings (SSSR count). The topological polar surface area (TPSA) is 42.4 Å². The highest BCUT2D eigenvalue weighted by Crippen LogP contribution is 2.25. The summed E-state index contributed by atoms with van der Waals surface area (Å²) in [5.74, 6) is 0.494. The van der Waals surface area contributed by atoms with Crippen molar-refractivity contribution in [1.82, 2.24) is 9.88 Å². The molecule has 0 N–H and O–H groups in total. The second-order valence-corrected chi connectivity index (χ2v) is 6.21. The highest BCUT2D eigenvalue weighted by atomic mass is 79.9. The minimum absolute atomic E-state index is 0.0251. The van der Waals surface area contributed by atoms with Gasteiger partial charge in [0, 0.05) is 25.6 Å². The van der Waals surface area contributed by atoms with Crippen LogP contribution in [-0.4, -0.2) is 42.1 Å². The predicted molar refractivity (Wildman–Crippen MR) is 70.3 cm³/mol. The summed E-state index contributed by atoms with van der Waals surface area (Å²) in [5, 5.41) is 0. The Morgan fingerprint density at radius 2 is 2.59 bits per heavy atom. The zero-order chi connectivity index (χ0) is 12.3. The average Bonchev–Trinajstić information content (AvgIpc) is 2.94. The molecule has 1 amide bonds. The fraction of sp³-hybridized carbons (Fsp3) is 0.636. The molecule has 0 radical (unpaired) electrons. The summed E-state index contributed by atoms with van der Waals surface area (Å²) in [6.45, 7) is 5.06. The van der Waals surface area contributed by atoms with Gasteiger partial charge in [0.05, 0.1) is 12.1 Å². The molecule has 2 heterocycles. The highest BCUT2D eigenvalue weighted by molar-refractivity contribution is 9.11. The number of nitrogens with zero attached hydrogens (tertiary/aromatic N) is 2. The van der Waals surface area contributed by atoms with Crippen molar-refractivity contribution in [3.8, 4) is 0 Å². The third kappa shape index (κ3) is 3.05. The molecule has 0 spiro atoms. The van der Waals surface area contributed by atoms with E-state index in [1.54, 1.807) is 5.51 Å². The summed E-state index contributed by atoms with van der Waals surface area (Å²) < 4.78 is 6.21. The highest BCUT2D eigenvalue weighted by Gasteiger charge is 2.28. The Labute approximate surface area is 113 Å². The van der Waals surface area contributed by atoms with E-state index in [0.717, 1.165) is 36.5 Å². The zero-order valence-corrected chi connectivity index (χ0v) is 12.1. The number of amides is 1. The number of ether oxygens (including phenoxy) is 1. The molecule has 94 valence electrons. The summed E-state index contributed by atoms with van der Waals surface area (Å²) in [6, 6.07) is 0. The smallest absolute Gasteiger partial charge is 0.274 e. The Hall–Kier alpha value is -0.460. The molecule has 1 aliphatic rings. The molecule has 0 saturated carbocycles. The molecule has 4 nitrogen and oxygen atoms in total. The minimum atomic E-state index is 0.0251. The van der Waals surface area contributed by atoms with E-state index in [0.29, 0.717) is 11.6 Å². The van der Waals surface area contributed by atoms with Crippen molar-refractivity contribution in [2.45, 2.75) is 13.3 Å². The Kier molecular flexibility index (Phi) is 4.53. The lowest BCUT2D eigenvalue weighted by Crippen LogP contribution is -2.29. The maximum Gasteiger partial charge on any atom is 0.274 e. The van der Waals surface area contributed by atoms with Crippen LogP contribution in [0.5, 0.6) is 0 Å². The van der Waals surface area contributed by atoms with Gasteiger partial charge in [0.1, 0.15) is 3.79 Å². The van der Waals surface area contributed by atoms with Gasteiger partial charge in [-0.3, -0.25) is 4.79 Å². The third-order valence-electron chi connectivity index (χ3n) is 2.86. The number of rotatable bonds is 4.